The van der Waals surface area contributed by atoms with Crippen LogP contribution >= 0.6 is 0 Å². The van der Waals surface area contributed by atoms with Gasteiger partial charge in [-0.1, -0.05) is 12.1 Å². The minimum absolute atomic E-state index is 0.0328. The van der Waals surface area contributed by atoms with Gasteiger partial charge in [0.15, 0.2) is 5.78 Å². The summed E-state index contributed by atoms with van der Waals surface area (Å²) in [5.41, 5.74) is 4.64. The third kappa shape index (κ3) is 2.21. The summed E-state index contributed by atoms with van der Waals surface area (Å²) < 4.78 is 10.6. The van der Waals surface area contributed by atoms with Crippen molar-refractivity contribution >= 4 is 5.78 Å². The fourth-order valence-corrected chi connectivity index (χ4v) is 2.50. The average molecular weight is 268 g/mol. The van der Waals surface area contributed by atoms with Crippen LogP contribution in [0.4, 0.5) is 0 Å². The van der Waals surface area contributed by atoms with Crippen LogP contribution in [0.25, 0.3) is 0 Å². The Morgan fingerprint density at radius 1 is 1.05 bits per heavy atom. The predicted octanol–water partition coefficient (Wildman–Crippen LogP) is 3.26. The first-order valence-corrected chi connectivity index (χ1v) is 6.58. The number of hydrogen-bond acceptors (Lipinski definition) is 3. The zero-order valence-corrected chi connectivity index (χ0v) is 11.6. The van der Waals surface area contributed by atoms with Crippen molar-refractivity contribution in [2.75, 3.05) is 7.11 Å². The number of carbonyl (C=O) groups is 1. The molecular formula is C17H16O3. The monoisotopic (exact) mass is 268 g/mol. The highest BCUT2D eigenvalue weighted by Crippen LogP contribution is 2.24. The van der Waals surface area contributed by atoms with E-state index in [4.69, 9.17) is 9.47 Å². The Labute approximate surface area is 118 Å². The number of carbonyl (C=O) groups excluding carboxylic acids is 1. The van der Waals surface area contributed by atoms with Gasteiger partial charge in [-0.3, -0.25) is 4.79 Å². The van der Waals surface area contributed by atoms with Gasteiger partial charge < -0.3 is 9.47 Å². The first-order valence-electron chi connectivity index (χ1n) is 6.58. The van der Waals surface area contributed by atoms with Crippen LogP contribution in [0.1, 0.15) is 32.6 Å². The van der Waals surface area contributed by atoms with Gasteiger partial charge in [0.25, 0.3) is 0 Å². The van der Waals surface area contributed by atoms with E-state index in [1.165, 1.54) is 5.56 Å². The van der Waals surface area contributed by atoms with E-state index in [0.29, 0.717) is 24.3 Å². The minimum Gasteiger partial charge on any atom is -0.496 e. The van der Waals surface area contributed by atoms with Crippen LogP contribution in [0, 0.1) is 6.92 Å². The van der Waals surface area contributed by atoms with E-state index >= 15 is 0 Å². The molecule has 0 amide bonds. The number of fused-ring (bicyclic) bond motifs is 1. The predicted molar refractivity (Wildman–Crippen MR) is 76.1 cm³/mol. The molecule has 0 aliphatic carbocycles. The van der Waals surface area contributed by atoms with Crippen molar-refractivity contribution in [3.63, 3.8) is 0 Å². The highest BCUT2D eigenvalue weighted by Gasteiger charge is 2.16. The zero-order valence-electron chi connectivity index (χ0n) is 11.6. The van der Waals surface area contributed by atoms with Crippen molar-refractivity contribution in [3.05, 3.63) is 64.2 Å². The van der Waals surface area contributed by atoms with E-state index in [9.17, 15) is 4.79 Å². The number of ether oxygens (including phenoxy) is 2. The largest absolute Gasteiger partial charge is 0.496 e. The SMILES string of the molecule is COc1ccc(C(=O)c2ccc3c(c2)COC3)cc1C. The zero-order chi connectivity index (χ0) is 14.1. The Balaban J connectivity index is 1.94. The molecule has 1 aliphatic heterocycles. The van der Waals surface area contributed by atoms with Crippen molar-refractivity contribution in [2.24, 2.45) is 0 Å². The molecule has 0 N–H and O–H groups in total. The second-order valence-electron chi connectivity index (χ2n) is 4.99. The molecule has 0 saturated heterocycles. The van der Waals surface area contributed by atoms with Gasteiger partial charge in [0.05, 0.1) is 20.3 Å². The molecule has 0 saturated carbocycles. The van der Waals surface area contributed by atoms with E-state index in [1.807, 2.05) is 37.3 Å². The van der Waals surface area contributed by atoms with E-state index in [0.717, 1.165) is 16.9 Å². The third-order valence-corrected chi connectivity index (χ3v) is 3.64. The van der Waals surface area contributed by atoms with Crippen molar-refractivity contribution in [2.45, 2.75) is 20.1 Å². The molecule has 1 heterocycles. The summed E-state index contributed by atoms with van der Waals surface area (Å²) in [6.07, 6.45) is 0. The molecule has 0 bridgehead atoms. The van der Waals surface area contributed by atoms with Gasteiger partial charge in [-0.15, -0.1) is 0 Å². The van der Waals surface area contributed by atoms with Gasteiger partial charge in [0, 0.05) is 11.1 Å². The van der Waals surface area contributed by atoms with Crippen LogP contribution in [0.3, 0.4) is 0 Å². The summed E-state index contributed by atoms with van der Waals surface area (Å²) >= 11 is 0. The molecule has 3 rings (SSSR count). The van der Waals surface area contributed by atoms with E-state index in [-0.39, 0.29) is 5.78 Å². The Morgan fingerprint density at radius 2 is 1.75 bits per heavy atom. The normalized spacial score (nSPS) is 13.1. The first kappa shape index (κ1) is 12.9. The lowest BCUT2D eigenvalue weighted by molar-refractivity contribution is 0.103. The average Bonchev–Trinajstić information content (AvgIpc) is 2.93. The standard InChI is InChI=1S/C17H16O3/c1-11-7-12(5-6-16(11)19-2)17(18)13-3-4-14-9-20-10-15(14)8-13/h3-8H,9-10H2,1-2H3. The fraction of sp³-hybridized carbons (Fsp3) is 0.235. The van der Waals surface area contributed by atoms with Crippen LogP contribution < -0.4 is 4.74 Å². The van der Waals surface area contributed by atoms with Crippen LogP contribution in [0.15, 0.2) is 36.4 Å². The van der Waals surface area contributed by atoms with Crippen molar-refractivity contribution < 1.29 is 14.3 Å². The van der Waals surface area contributed by atoms with Crippen LogP contribution in [-0.4, -0.2) is 12.9 Å². The summed E-state index contributed by atoms with van der Waals surface area (Å²) in [5, 5.41) is 0. The molecular weight excluding hydrogens is 252 g/mol. The lowest BCUT2D eigenvalue weighted by atomic mass is 9.98. The fourth-order valence-electron chi connectivity index (χ4n) is 2.50. The highest BCUT2D eigenvalue weighted by molar-refractivity contribution is 6.09. The maximum absolute atomic E-state index is 12.5. The Morgan fingerprint density at radius 3 is 2.50 bits per heavy atom. The number of benzene rings is 2. The van der Waals surface area contributed by atoms with Gasteiger partial charge >= 0.3 is 0 Å². The number of aryl methyl sites for hydroxylation is 1. The quantitative estimate of drug-likeness (QED) is 0.801. The molecule has 0 radical (unpaired) electrons. The summed E-state index contributed by atoms with van der Waals surface area (Å²) in [7, 11) is 1.63. The molecule has 0 spiro atoms. The van der Waals surface area contributed by atoms with Gasteiger partial charge in [0.1, 0.15) is 5.75 Å². The van der Waals surface area contributed by atoms with Crippen molar-refractivity contribution in [1.82, 2.24) is 0 Å². The molecule has 3 heteroatoms. The Hall–Kier alpha value is -2.13. The third-order valence-electron chi connectivity index (χ3n) is 3.64. The van der Waals surface area contributed by atoms with Gasteiger partial charge in [0.2, 0.25) is 0 Å². The van der Waals surface area contributed by atoms with Crippen molar-refractivity contribution in [1.29, 1.82) is 0 Å². The number of methoxy groups -OCH3 is 1. The van der Waals surface area contributed by atoms with E-state index < -0.39 is 0 Å². The van der Waals surface area contributed by atoms with Crippen LogP contribution in [-0.2, 0) is 18.0 Å². The molecule has 0 aromatic heterocycles. The number of hydrogen-bond donors (Lipinski definition) is 0. The highest BCUT2D eigenvalue weighted by atomic mass is 16.5. The lowest BCUT2D eigenvalue weighted by Crippen LogP contribution is -2.03. The topological polar surface area (TPSA) is 35.5 Å². The second-order valence-corrected chi connectivity index (χ2v) is 4.99. The van der Waals surface area contributed by atoms with Crippen LogP contribution in [0.2, 0.25) is 0 Å². The number of rotatable bonds is 3. The molecule has 102 valence electrons. The number of ketones is 1. The first-order chi connectivity index (χ1) is 9.69. The minimum atomic E-state index is 0.0328. The van der Waals surface area contributed by atoms with Gasteiger partial charge in [-0.25, -0.2) is 0 Å². The van der Waals surface area contributed by atoms with Gasteiger partial charge in [-0.05, 0) is 47.9 Å². The van der Waals surface area contributed by atoms with Crippen LogP contribution in [0.5, 0.6) is 5.75 Å². The van der Waals surface area contributed by atoms with Crippen molar-refractivity contribution in [3.8, 4) is 5.75 Å². The van der Waals surface area contributed by atoms with Gasteiger partial charge in [-0.2, -0.15) is 0 Å². The summed E-state index contributed by atoms with van der Waals surface area (Å²) in [4.78, 5) is 12.5. The Bertz CT molecular complexity index is 674. The summed E-state index contributed by atoms with van der Waals surface area (Å²) in [6.45, 7) is 3.18. The molecule has 20 heavy (non-hydrogen) atoms. The smallest absolute Gasteiger partial charge is 0.193 e. The van der Waals surface area contributed by atoms with E-state index in [2.05, 4.69) is 0 Å². The molecule has 0 unspecified atom stereocenters. The molecule has 1 aliphatic rings. The second kappa shape index (κ2) is 5.10. The molecule has 2 aromatic carbocycles. The molecule has 2 aromatic rings. The maximum atomic E-state index is 12.5. The molecule has 0 atom stereocenters. The lowest BCUT2D eigenvalue weighted by Gasteiger charge is -2.07. The molecule has 0 fully saturated rings. The maximum Gasteiger partial charge on any atom is 0.193 e. The van der Waals surface area contributed by atoms with E-state index in [1.54, 1.807) is 13.2 Å². The Kier molecular flexibility index (Phi) is 3.28. The molecule has 3 nitrogen and oxygen atoms in total. The summed E-state index contributed by atoms with van der Waals surface area (Å²) in [5.74, 6) is 0.828. The summed E-state index contributed by atoms with van der Waals surface area (Å²) in [6, 6.07) is 11.3.